The Morgan fingerprint density at radius 2 is 2.05 bits per heavy atom. The molecule has 2 rings (SSSR count). The molecular weight excluding hydrogens is 252 g/mol. The zero-order valence-electron chi connectivity index (χ0n) is 12.6. The fourth-order valence-electron chi connectivity index (χ4n) is 2.07. The summed E-state index contributed by atoms with van der Waals surface area (Å²) in [6.45, 7) is 5.35. The second-order valence-electron chi connectivity index (χ2n) is 5.00. The van der Waals surface area contributed by atoms with Gasteiger partial charge in [-0.3, -0.25) is 4.68 Å². The minimum Gasteiger partial charge on any atom is -0.485 e. The number of nitrogens with zero attached hydrogens (tertiary/aromatic N) is 3. The number of nitrogen functional groups attached to an aromatic ring is 1. The molecule has 1 aromatic heterocycles. The molecule has 1 heterocycles. The van der Waals surface area contributed by atoms with Gasteiger partial charge in [-0.25, -0.2) is 0 Å². The van der Waals surface area contributed by atoms with Gasteiger partial charge in [0.1, 0.15) is 12.4 Å². The van der Waals surface area contributed by atoms with Crippen LogP contribution < -0.4 is 15.4 Å². The molecule has 20 heavy (non-hydrogen) atoms. The number of benzene rings is 1. The van der Waals surface area contributed by atoms with E-state index in [9.17, 15) is 0 Å². The summed E-state index contributed by atoms with van der Waals surface area (Å²) in [5, 5.41) is 4.41. The fraction of sp³-hybridized carbons (Fsp3) is 0.400. The van der Waals surface area contributed by atoms with Crippen molar-refractivity contribution in [1.82, 2.24) is 9.78 Å². The molecule has 5 nitrogen and oxygen atoms in total. The highest BCUT2D eigenvalue weighted by molar-refractivity contribution is 5.61. The van der Waals surface area contributed by atoms with Crippen LogP contribution in [0.1, 0.15) is 18.3 Å². The van der Waals surface area contributed by atoms with Gasteiger partial charge in [0, 0.05) is 32.4 Å². The molecule has 0 radical (unpaired) electrons. The number of hydrogen-bond acceptors (Lipinski definition) is 4. The molecule has 0 unspecified atom stereocenters. The molecule has 0 saturated carbocycles. The molecule has 0 atom stereocenters. The minimum absolute atomic E-state index is 0.468. The smallest absolute Gasteiger partial charge is 0.144 e. The van der Waals surface area contributed by atoms with E-state index in [2.05, 4.69) is 12.0 Å². The summed E-state index contributed by atoms with van der Waals surface area (Å²) in [4.78, 5) is 2.02. The first-order chi connectivity index (χ1) is 9.51. The molecule has 0 saturated heterocycles. The number of hydrogen-bond donors (Lipinski definition) is 1. The highest BCUT2D eigenvalue weighted by Crippen LogP contribution is 2.27. The van der Waals surface area contributed by atoms with E-state index in [1.54, 1.807) is 0 Å². The first kappa shape index (κ1) is 14.2. The summed E-state index contributed by atoms with van der Waals surface area (Å²) in [7, 11) is 3.98. The van der Waals surface area contributed by atoms with Gasteiger partial charge in [-0.2, -0.15) is 5.10 Å². The maximum Gasteiger partial charge on any atom is 0.144 e. The lowest BCUT2D eigenvalue weighted by molar-refractivity contribution is 0.294. The lowest BCUT2D eigenvalue weighted by atomic mass is 10.2. The molecule has 0 fully saturated rings. The number of aryl methyl sites for hydroxylation is 2. The summed E-state index contributed by atoms with van der Waals surface area (Å²) in [6, 6.07) is 7.83. The van der Waals surface area contributed by atoms with Crippen molar-refractivity contribution in [2.24, 2.45) is 0 Å². The van der Waals surface area contributed by atoms with Crippen molar-refractivity contribution in [3.63, 3.8) is 0 Å². The van der Waals surface area contributed by atoms with Crippen molar-refractivity contribution in [3.8, 4) is 5.75 Å². The lowest BCUT2D eigenvalue weighted by Crippen LogP contribution is -2.10. The first-order valence-electron chi connectivity index (χ1n) is 6.74. The third-order valence-electron chi connectivity index (χ3n) is 3.17. The van der Waals surface area contributed by atoms with E-state index in [1.807, 2.05) is 54.9 Å². The van der Waals surface area contributed by atoms with Crippen LogP contribution in [-0.4, -0.2) is 23.9 Å². The average molecular weight is 274 g/mol. The number of ether oxygens (including phenoxy) is 1. The Morgan fingerprint density at radius 1 is 1.30 bits per heavy atom. The summed E-state index contributed by atoms with van der Waals surface area (Å²) < 4.78 is 7.80. The van der Waals surface area contributed by atoms with Crippen LogP contribution in [0, 0.1) is 6.92 Å². The van der Waals surface area contributed by atoms with Crippen molar-refractivity contribution < 1.29 is 4.74 Å². The van der Waals surface area contributed by atoms with Gasteiger partial charge < -0.3 is 15.4 Å². The molecule has 2 N–H and O–H groups in total. The monoisotopic (exact) mass is 274 g/mol. The van der Waals surface area contributed by atoms with Crippen LogP contribution >= 0.6 is 0 Å². The summed E-state index contributed by atoms with van der Waals surface area (Å²) in [5.74, 6) is 0.706. The second-order valence-corrected chi connectivity index (χ2v) is 5.00. The zero-order valence-corrected chi connectivity index (χ0v) is 12.6. The molecule has 108 valence electrons. The van der Waals surface area contributed by atoms with Crippen molar-refractivity contribution in [2.45, 2.75) is 27.0 Å². The molecule has 0 aliphatic carbocycles. The maximum absolute atomic E-state index is 5.96. The van der Waals surface area contributed by atoms with E-state index >= 15 is 0 Å². The van der Waals surface area contributed by atoms with E-state index in [4.69, 9.17) is 10.5 Å². The standard InChI is InChI=1S/C15H22N4O/c1-5-19-13(8-11(2)17-19)10-20-15-9-12(18(3)4)6-7-14(15)16/h6-9H,5,10,16H2,1-4H3. The fourth-order valence-corrected chi connectivity index (χ4v) is 2.07. The molecule has 0 aliphatic heterocycles. The Balaban J connectivity index is 2.15. The Labute approximate surface area is 119 Å². The van der Waals surface area contributed by atoms with E-state index in [0.29, 0.717) is 18.0 Å². The van der Waals surface area contributed by atoms with E-state index in [0.717, 1.165) is 23.6 Å². The second kappa shape index (κ2) is 5.86. The largest absolute Gasteiger partial charge is 0.485 e. The molecular formula is C15H22N4O. The van der Waals surface area contributed by atoms with E-state index in [-0.39, 0.29) is 0 Å². The third kappa shape index (κ3) is 3.04. The summed E-state index contributed by atoms with van der Waals surface area (Å²) in [5.41, 5.74) is 9.73. The van der Waals surface area contributed by atoms with Crippen LogP contribution in [0.15, 0.2) is 24.3 Å². The molecule has 0 amide bonds. The van der Waals surface area contributed by atoms with Crippen molar-refractivity contribution in [1.29, 1.82) is 0 Å². The Bertz CT molecular complexity index is 590. The van der Waals surface area contributed by atoms with Gasteiger partial charge in [0.25, 0.3) is 0 Å². The van der Waals surface area contributed by atoms with Gasteiger partial charge in [-0.15, -0.1) is 0 Å². The van der Waals surface area contributed by atoms with Crippen LogP contribution in [0.25, 0.3) is 0 Å². The van der Waals surface area contributed by atoms with Gasteiger partial charge in [0.05, 0.1) is 17.1 Å². The third-order valence-corrected chi connectivity index (χ3v) is 3.17. The van der Waals surface area contributed by atoms with E-state index < -0.39 is 0 Å². The average Bonchev–Trinajstić information content (AvgIpc) is 2.77. The van der Waals surface area contributed by atoms with Crippen LogP contribution in [0.5, 0.6) is 5.75 Å². The van der Waals surface area contributed by atoms with Gasteiger partial charge >= 0.3 is 0 Å². The topological polar surface area (TPSA) is 56.3 Å². The predicted molar refractivity (Wildman–Crippen MR) is 82.2 cm³/mol. The van der Waals surface area contributed by atoms with Gasteiger partial charge in [-0.05, 0) is 32.0 Å². The SMILES string of the molecule is CCn1nc(C)cc1COc1cc(N(C)C)ccc1N. The quantitative estimate of drug-likeness (QED) is 0.851. The highest BCUT2D eigenvalue weighted by Gasteiger charge is 2.08. The Kier molecular flexibility index (Phi) is 4.17. The van der Waals surface area contributed by atoms with Gasteiger partial charge in [-0.1, -0.05) is 0 Å². The summed E-state index contributed by atoms with van der Waals surface area (Å²) in [6.07, 6.45) is 0. The molecule has 1 aromatic carbocycles. The molecule has 0 spiro atoms. The van der Waals surface area contributed by atoms with Crippen molar-refractivity contribution in [3.05, 3.63) is 35.7 Å². The van der Waals surface area contributed by atoms with Crippen molar-refractivity contribution >= 4 is 11.4 Å². The minimum atomic E-state index is 0.468. The van der Waals surface area contributed by atoms with E-state index in [1.165, 1.54) is 0 Å². The molecule has 0 aliphatic rings. The zero-order chi connectivity index (χ0) is 14.7. The van der Waals surface area contributed by atoms with Crippen LogP contribution in [0.3, 0.4) is 0 Å². The molecule has 5 heteroatoms. The van der Waals surface area contributed by atoms with Gasteiger partial charge in [0.15, 0.2) is 0 Å². The van der Waals surface area contributed by atoms with Crippen LogP contribution in [0.4, 0.5) is 11.4 Å². The van der Waals surface area contributed by atoms with Crippen molar-refractivity contribution in [2.75, 3.05) is 24.7 Å². The van der Waals surface area contributed by atoms with Crippen LogP contribution in [0.2, 0.25) is 0 Å². The number of anilines is 2. The number of nitrogens with two attached hydrogens (primary N) is 1. The maximum atomic E-state index is 5.96. The molecule has 2 aromatic rings. The van der Waals surface area contributed by atoms with Crippen LogP contribution in [-0.2, 0) is 13.2 Å². The Morgan fingerprint density at radius 3 is 2.70 bits per heavy atom. The highest BCUT2D eigenvalue weighted by atomic mass is 16.5. The Hall–Kier alpha value is -2.17. The normalized spacial score (nSPS) is 10.6. The molecule has 0 bridgehead atoms. The van der Waals surface area contributed by atoms with Gasteiger partial charge in [0.2, 0.25) is 0 Å². The lowest BCUT2D eigenvalue weighted by Gasteiger charge is -2.16. The first-order valence-corrected chi connectivity index (χ1v) is 6.74. The number of rotatable bonds is 5. The number of aromatic nitrogens is 2. The predicted octanol–water partition coefficient (Wildman–Crippen LogP) is 2.44. The summed E-state index contributed by atoms with van der Waals surface area (Å²) >= 11 is 0.